The minimum atomic E-state index is -0.249. The highest BCUT2D eigenvalue weighted by atomic mass is 32.1. The maximum absolute atomic E-state index is 11.7. The fourth-order valence-electron chi connectivity index (χ4n) is 1.45. The van der Waals surface area contributed by atoms with E-state index < -0.39 is 0 Å². The first-order valence-corrected chi connectivity index (χ1v) is 6.54. The summed E-state index contributed by atoms with van der Waals surface area (Å²) in [5.74, 6) is 0.723. The van der Waals surface area contributed by atoms with E-state index in [1.807, 2.05) is 19.9 Å². The smallest absolute Gasteiger partial charge is 0.320 e. The van der Waals surface area contributed by atoms with Crippen molar-refractivity contribution in [3.63, 3.8) is 0 Å². The number of hydrogen-bond acceptors (Lipinski definition) is 4. The third-order valence-electron chi connectivity index (χ3n) is 2.37. The van der Waals surface area contributed by atoms with E-state index in [1.165, 1.54) is 11.3 Å². The minimum absolute atomic E-state index is 0.249. The zero-order valence-corrected chi connectivity index (χ0v) is 11.1. The summed E-state index contributed by atoms with van der Waals surface area (Å²) >= 11 is 1.50. The molecule has 2 amide bonds. The largest absolute Gasteiger partial charge is 0.467 e. The molecule has 18 heavy (non-hydrogen) atoms. The minimum Gasteiger partial charge on any atom is -0.467 e. The summed E-state index contributed by atoms with van der Waals surface area (Å²) in [6, 6.07) is 3.35. The molecule has 0 spiro atoms. The first-order valence-electron chi connectivity index (χ1n) is 5.72. The van der Waals surface area contributed by atoms with Gasteiger partial charge in [-0.1, -0.05) is 6.92 Å². The van der Waals surface area contributed by atoms with Crippen LogP contribution in [0.3, 0.4) is 0 Å². The second kappa shape index (κ2) is 5.68. The summed E-state index contributed by atoms with van der Waals surface area (Å²) in [6.45, 7) is 4.30. The van der Waals surface area contributed by atoms with Gasteiger partial charge in [0.2, 0.25) is 0 Å². The fourth-order valence-corrected chi connectivity index (χ4v) is 2.35. The van der Waals surface area contributed by atoms with E-state index in [9.17, 15) is 4.79 Å². The summed E-state index contributed by atoms with van der Waals surface area (Å²) in [5, 5.41) is 7.33. The van der Waals surface area contributed by atoms with Crippen LogP contribution >= 0.6 is 11.3 Å². The molecule has 2 heterocycles. The number of furan rings is 1. The number of urea groups is 1. The van der Waals surface area contributed by atoms with Crippen LogP contribution in [-0.4, -0.2) is 11.0 Å². The number of carbonyl (C=O) groups is 1. The maximum Gasteiger partial charge on any atom is 0.320 e. The van der Waals surface area contributed by atoms with Gasteiger partial charge in [-0.3, -0.25) is 5.32 Å². The van der Waals surface area contributed by atoms with Gasteiger partial charge < -0.3 is 9.73 Å². The molecule has 2 N–H and O–H groups in total. The number of carbonyl (C=O) groups excluding carboxylic acids is 1. The third-order valence-corrected chi connectivity index (χ3v) is 3.59. The fraction of sp³-hybridized carbons (Fsp3) is 0.333. The molecule has 2 aromatic heterocycles. The number of amides is 2. The third kappa shape index (κ3) is 3.10. The predicted molar refractivity (Wildman–Crippen MR) is 70.8 cm³/mol. The van der Waals surface area contributed by atoms with Crippen molar-refractivity contribution >= 4 is 22.4 Å². The Balaban J connectivity index is 1.88. The molecule has 2 rings (SSSR count). The Kier molecular flexibility index (Phi) is 3.99. The van der Waals surface area contributed by atoms with Crippen molar-refractivity contribution in [2.24, 2.45) is 0 Å². The van der Waals surface area contributed by atoms with E-state index >= 15 is 0 Å². The monoisotopic (exact) mass is 265 g/mol. The van der Waals surface area contributed by atoms with Crippen LogP contribution in [0.4, 0.5) is 9.80 Å². The second-order valence-electron chi connectivity index (χ2n) is 3.76. The molecule has 96 valence electrons. The van der Waals surface area contributed by atoms with Gasteiger partial charge in [0, 0.05) is 0 Å². The van der Waals surface area contributed by atoms with E-state index in [0.29, 0.717) is 6.54 Å². The quantitative estimate of drug-likeness (QED) is 0.893. The number of aromatic nitrogens is 1. The standard InChI is InChI=1S/C12H15N3O2S/c1-3-10-14-8(2)11(18-10)15-12(16)13-7-9-5-4-6-17-9/h4-6H,3,7H2,1-2H3,(H2,13,15,16). The number of aryl methyl sites for hydroxylation is 2. The lowest BCUT2D eigenvalue weighted by Crippen LogP contribution is -2.27. The molecule has 0 aliphatic rings. The molecular weight excluding hydrogens is 250 g/mol. The number of rotatable bonds is 4. The van der Waals surface area contributed by atoms with Crippen LogP contribution in [0.25, 0.3) is 0 Å². The van der Waals surface area contributed by atoms with Gasteiger partial charge in [0.1, 0.15) is 10.8 Å². The molecule has 5 nitrogen and oxygen atoms in total. The Morgan fingerprint density at radius 3 is 3.00 bits per heavy atom. The molecule has 0 unspecified atom stereocenters. The molecule has 0 aliphatic heterocycles. The number of hydrogen-bond donors (Lipinski definition) is 2. The molecule has 2 aromatic rings. The first kappa shape index (κ1) is 12.6. The summed E-state index contributed by atoms with van der Waals surface area (Å²) < 4.78 is 5.13. The second-order valence-corrected chi connectivity index (χ2v) is 4.85. The van der Waals surface area contributed by atoms with Crippen LogP contribution in [-0.2, 0) is 13.0 Å². The molecular formula is C12H15N3O2S. The molecule has 0 aromatic carbocycles. The lowest BCUT2D eigenvalue weighted by molar-refractivity contribution is 0.251. The van der Waals surface area contributed by atoms with Crippen LogP contribution in [0.2, 0.25) is 0 Å². The van der Waals surface area contributed by atoms with Crippen LogP contribution in [0, 0.1) is 6.92 Å². The number of nitrogens with zero attached hydrogens (tertiary/aromatic N) is 1. The predicted octanol–water partition coefficient (Wildman–Crippen LogP) is 2.93. The van der Waals surface area contributed by atoms with Crippen LogP contribution in [0.15, 0.2) is 22.8 Å². The lowest BCUT2D eigenvalue weighted by Gasteiger charge is -2.04. The summed E-state index contributed by atoms with van der Waals surface area (Å²) in [5.41, 5.74) is 0.852. The van der Waals surface area contributed by atoms with E-state index in [4.69, 9.17) is 4.42 Å². The zero-order chi connectivity index (χ0) is 13.0. The van der Waals surface area contributed by atoms with Crippen molar-refractivity contribution < 1.29 is 9.21 Å². The Morgan fingerprint density at radius 1 is 1.56 bits per heavy atom. The molecule has 0 aliphatic carbocycles. The van der Waals surface area contributed by atoms with E-state index in [2.05, 4.69) is 15.6 Å². The number of nitrogens with one attached hydrogen (secondary N) is 2. The molecule has 0 saturated carbocycles. The van der Waals surface area contributed by atoms with Crippen molar-refractivity contribution in [2.75, 3.05) is 5.32 Å². The number of thiazole rings is 1. The van der Waals surface area contributed by atoms with Crippen molar-refractivity contribution in [2.45, 2.75) is 26.8 Å². The van der Waals surface area contributed by atoms with Crippen LogP contribution < -0.4 is 10.6 Å². The Bertz CT molecular complexity index is 519. The Morgan fingerprint density at radius 2 is 2.39 bits per heavy atom. The van der Waals surface area contributed by atoms with Crippen LogP contribution in [0.1, 0.15) is 23.4 Å². The average Bonchev–Trinajstić information content (AvgIpc) is 2.97. The highest BCUT2D eigenvalue weighted by Gasteiger charge is 2.09. The molecule has 0 atom stereocenters. The molecule has 0 bridgehead atoms. The first-order chi connectivity index (χ1) is 8.69. The van der Waals surface area contributed by atoms with Crippen LogP contribution in [0.5, 0.6) is 0 Å². The van der Waals surface area contributed by atoms with E-state index in [-0.39, 0.29) is 6.03 Å². The van der Waals surface area contributed by atoms with Gasteiger partial charge in [0.15, 0.2) is 0 Å². The van der Waals surface area contributed by atoms with Gasteiger partial charge in [-0.25, -0.2) is 9.78 Å². The summed E-state index contributed by atoms with van der Waals surface area (Å²) in [6.07, 6.45) is 2.46. The molecule has 0 radical (unpaired) electrons. The van der Waals surface area contributed by atoms with E-state index in [1.54, 1.807) is 12.3 Å². The van der Waals surface area contributed by atoms with Crippen molar-refractivity contribution in [3.05, 3.63) is 34.9 Å². The average molecular weight is 265 g/mol. The van der Waals surface area contributed by atoms with Gasteiger partial charge in [0.05, 0.1) is 23.5 Å². The van der Waals surface area contributed by atoms with Gasteiger partial charge in [-0.05, 0) is 25.5 Å². The molecule has 6 heteroatoms. The highest BCUT2D eigenvalue weighted by molar-refractivity contribution is 7.16. The van der Waals surface area contributed by atoms with Crippen molar-refractivity contribution in [1.82, 2.24) is 10.3 Å². The van der Waals surface area contributed by atoms with Crippen molar-refractivity contribution in [3.8, 4) is 0 Å². The number of anilines is 1. The lowest BCUT2D eigenvalue weighted by atomic mass is 10.4. The maximum atomic E-state index is 11.7. The molecule has 0 fully saturated rings. The topological polar surface area (TPSA) is 67.2 Å². The van der Waals surface area contributed by atoms with Crippen molar-refractivity contribution in [1.29, 1.82) is 0 Å². The molecule has 0 saturated heterocycles. The van der Waals surface area contributed by atoms with Gasteiger partial charge >= 0.3 is 6.03 Å². The Hall–Kier alpha value is -1.82. The van der Waals surface area contributed by atoms with Gasteiger partial charge in [0.25, 0.3) is 0 Å². The summed E-state index contributed by atoms with van der Waals surface area (Å²) in [7, 11) is 0. The van der Waals surface area contributed by atoms with Gasteiger partial charge in [-0.2, -0.15) is 0 Å². The zero-order valence-electron chi connectivity index (χ0n) is 10.3. The summed E-state index contributed by atoms with van der Waals surface area (Å²) in [4.78, 5) is 16.0. The van der Waals surface area contributed by atoms with Gasteiger partial charge in [-0.15, -0.1) is 11.3 Å². The SMILES string of the molecule is CCc1nc(C)c(NC(=O)NCc2ccco2)s1. The Labute approximate surface area is 109 Å². The normalized spacial score (nSPS) is 10.3. The van der Waals surface area contributed by atoms with E-state index in [0.717, 1.165) is 27.9 Å². The highest BCUT2D eigenvalue weighted by Crippen LogP contribution is 2.23.